The number of rotatable bonds is 4. The molecule has 0 spiro atoms. The highest BCUT2D eigenvalue weighted by molar-refractivity contribution is 5.29. The van der Waals surface area contributed by atoms with Crippen molar-refractivity contribution in [1.82, 2.24) is 10.3 Å². The molecule has 1 aliphatic heterocycles. The van der Waals surface area contributed by atoms with Crippen molar-refractivity contribution >= 4 is 6.01 Å². The van der Waals surface area contributed by atoms with Crippen LogP contribution in [0.3, 0.4) is 0 Å². The van der Waals surface area contributed by atoms with Crippen molar-refractivity contribution in [2.75, 3.05) is 11.4 Å². The number of nitrogens with zero attached hydrogens (tertiary/aromatic N) is 2. The highest BCUT2D eigenvalue weighted by Gasteiger charge is 2.24. The Kier molecular flexibility index (Phi) is 4.50. The first-order valence-corrected chi connectivity index (χ1v) is 7.45. The second kappa shape index (κ2) is 5.95. The summed E-state index contributed by atoms with van der Waals surface area (Å²) in [6.45, 7) is 10.6. The molecule has 1 atom stereocenters. The molecule has 2 rings (SSSR count). The number of anilines is 1. The summed E-state index contributed by atoms with van der Waals surface area (Å²) >= 11 is 0. The Morgan fingerprint density at radius 2 is 2.21 bits per heavy atom. The van der Waals surface area contributed by atoms with Gasteiger partial charge in [0.1, 0.15) is 6.26 Å². The number of nitrogens with one attached hydrogen (secondary N) is 1. The van der Waals surface area contributed by atoms with E-state index in [9.17, 15) is 0 Å². The molecule has 1 aromatic rings. The summed E-state index contributed by atoms with van der Waals surface area (Å²) in [6.07, 6.45) is 6.78. The Balaban J connectivity index is 1.99. The first-order chi connectivity index (χ1) is 8.99. The van der Waals surface area contributed by atoms with Crippen LogP contribution in [-0.2, 0) is 6.54 Å². The van der Waals surface area contributed by atoms with Crippen LogP contribution >= 0.6 is 0 Å². The summed E-state index contributed by atoms with van der Waals surface area (Å²) in [5, 5.41) is 3.44. The van der Waals surface area contributed by atoms with Crippen LogP contribution in [0, 0.1) is 0 Å². The smallest absolute Gasteiger partial charge is 0.297 e. The van der Waals surface area contributed by atoms with Crippen LogP contribution in [0.2, 0.25) is 0 Å². The second-order valence-electron chi connectivity index (χ2n) is 6.48. The van der Waals surface area contributed by atoms with E-state index in [0.717, 1.165) is 31.2 Å². The molecule has 1 unspecified atom stereocenters. The quantitative estimate of drug-likeness (QED) is 0.906. The van der Waals surface area contributed by atoms with Crippen molar-refractivity contribution < 1.29 is 4.42 Å². The molecule has 19 heavy (non-hydrogen) atoms. The fourth-order valence-corrected chi connectivity index (χ4v) is 2.54. The van der Waals surface area contributed by atoms with Gasteiger partial charge in [-0.2, -0.15) is 4.98 Å². The van der Waals surface area contributed by atoms with E-state index in [4.69, 9.17) is 4.42 Å². The lowest BCUT2D eigenvalue weighted by Crippen LogP contribution is -2.39. The fourth-order valence-electron chi connectivity index (χ4n) is 2.54. The summed E-state index contributed by atoms with van der Waals surface area (Å²) in [5.74, 6) is 0. The number of piperidine rings is 1. The van der Waals surface area contributed by atoms with Crippen LogP contribution in [0.4, 0.5) is 6.01 Å². The molecule has 0 aromatic carbocycles. The van der Waals surface area contributed by atoms with Crippen LogP contribution in [0.25, 0.3) is 0 Å². The molecule has 0 amide bonds. The third-order valence-electron chi connectivity index (χ3n) is 3.68. The van der Waals surface area contributed by atoms with Gasteiger partial charge >= 0.3 is 0 Å². The maximum absolute atomic E-state index is 5.68. The van der Waals surface area contributed by atoms with Gasteiger partial charge in [-0.05, 0) is 46.5 Å². The zero-order valence-corrected chi connectivity index (χ0v) is 12.7. The molecule has 1 N–H and O–H groups in total. The van der Waals surface area contributed by atoms with Crippen LogP contribution in [0.5, 0.6) is 0 Å². The van der Waals surface area contributed by atoms with Gasteiger partial charge in [0.2, 0.25) is 0 Å². The van der Waals surface area contributed by atoms with E-state index < -0.39 is 0 Å². The van der Waals surface area contributed by atoms with E-state index in [-0.39, 0.29) is 5.54 Å². The summed E-state index contributed by atoms with van der Waals surface area (Å²) in [4.78, 5) is 6.97. The molecule has 0 bridgehead atoms. The topological polar surface area (TPSA) is 41.3 Å². The third kappa shape index (κ3) is 3.96. The first-order valence-electron chi connectivity index (χ1n) is 7.45. The lowest BCUT2D eigenvalue weighted by molar-refractivity contribution is 0.410. The van der Waals surface area contributed by atoms with Crippen molar-refractivity contribution in [1.29, 1.82) is 0 Å². The predicted molar refractivity (Wildman–Crippen MR) is 78.4 cm³/mol. The molecule has 4 nitrogen and oxygen atoms in total. The van der Waals surface area contributed by atoms with Crippen LogP contribution in [-0.4, -0.2) is 23.1 Å². The Morgan fingerprint density at radius 3 is 2.89 bits per heavy atom. The minimum atomic E-state index is 0.107. The van der Waals surface area contributed by atoms with Gasteiger partial charge in [0.05, 0.1) is 5.69 Å². The summed E-state index contributed by atoms with van der Waals surface area (Å²) < 4.78 is 5.68. The molecule has 2 heterocycles. The van der Waals surface area contributed by atoms with Crippen molar-refractivity contribution in [3.63, 3.8) is 0 Å². The lowest BCUT2D eigenvalue weighted by Gasteiger charge is -2.33. The minimum Gasteiger partial charge on any atom is -0.432 e. The maximum Gasteiger partial charge on any atom is 0.297 e. The Bertz CT molecular complexity index is 394. The first kappa shape index (κ1) is 14.4. The Hall–Kier alpha value is -1.03. The molecule has 108 valence electrons. The van der Waals surface area contributed by atoms with E-state index in [2.05, 4.69) is 42.9 Å². The molecule has 1 fully saturated rings. The van der Waals surface area contributed by atoms with Crippen molar-refractivity contribution in [3.05, 3.63) is 12.0 Å². The SMILES string of the molecule is CCC1CCCCN1c1nc(CNC(C)(C)C)co1. The van der Waals surface area contributed by atoms with Crippen LogP contribution in [0.1, 0.15) is 59.1 Å². The van der Waals surface area contributed by atoms with Crippen molar-refractivity contribution in [3.8, 4) is 0 Å². The largest absolute Gasteiger partial charge is 0.432 e. The van der Waals surface area contributed by atoms with Gasteiger partial charge in [-0.3, -0.25) is 0 Å². The van der Waals surface area contributed by atoms with Crippen molar-refractivity contribution in [2.45, 2.75) is 71.5 Å². The van der Waals surface area contributed by atoms with Gasteiger partial charge in [0.15, 0.2) is 0 Å². The maximum atomic E-state index is 5.68. The zero-order chi connectivity index (χ0) is 13.9. The molecule has 0 saturated carbocycles. The van der Waals surface area contributed by atoms with Gasteiger partial charge in [0.25, 0.3) is 6.01 Å². The minimum absolute atomic E-state index is 0.107. The molecular weight excluding hydrogens is 238 g/mol. The number of hydrogen-bond acceptors (Lipinski definition) is 4. The molecule has 1 aromatic heterocycles. The molecule has 0 aliphatic carbocycles. The monoisotopic (exact) mass is 265 g/mol. The molecule has 0 radical (unpaired) electrons. The van der Waals surface area contributed by atoms with Crippen LogP contribution < -0.4 is 10.2 Å². The second-order valence-corrected chi connectivity index (χ2v) is 6.48. The van der Waals surface area contributed by atoms with Gasteiger partial charge in [-0.15, -0.1) is 0 Å². The van der Waals surface area contributed by atoms with E-state index in [1.165, 1.54) is 19.3 Å². The summed E-state index contributed by atoms with van der Waals surface area (Å²) in [5.41, 5.74) is 1.10. The standard InChI is InChI=1S/C15H27N3O/c1-5-13-8-6-7-9-18(13)14-17-12(11-19-14)10-16-15(2,3)4/h11,13,16H,5-10H2,1-4H3. The fraction of sp³-hybridized carbons (Fsp3) is 0.800. The lowest BCUT2D eigenvalue weighted by atomic mass is 10.0. The molecule has 4 heteroatoms. The van der Waals surface area contributed by atoms with E-state index in [1.807, 2.05) is 0 Å². The van der Waals surface area contributed by atoms with Gasteiger partial charge < -0.3 is 14.6 Å². The Morgan fingerprint density at radius 1 is 1.42 bits per heavy atom. The highest BCUT2D eigenvalue weighted by atomic mass is 16.4. The average Bonchev–Trinajstić information content (AvgIpc) is 2.84. The van der Waals surface area contributed by atoms with E-state index in [0.29, 0.717) is 6.04 Å². The van der Waals surface area contributed by atoms with Gasteiger partial charge in [-0.25, -0.2) is 0 Å². The molecular formula is C15H27N3O. The molecule has 1 saturated heterocycles. The van der Waals surface area contributed by atoms with E-state index in [1.54, 1.807) is 6.26 Å². The normalized spacial score (nSPS) is 20.8. The van der Waals surface area contributed by atoms with Crippen molar-refractivity contribution in [2.24, 2.45) is 0 Å². The third-order valence-corrected chi connectivity index (χ3v) is 3.68. The number of oxazole rings is 1. The summed E-state index contributed by atoms with van der Waals surface area (Å²) in [7, 11) is 0. The number of hydrogen-bond donors (Lipinski definition) is 1. The highest BCUT2D eigenvalue weighted by Crippen LogP contribution is 2.25. The number of aromatic nitrogens is 1. The predicted octanol–water partition coefficient (Wildman–Crippen LogP) is 3.33. The zero-order valence-electron chi connectivity index (χ0n) is 12.7. The Labute approximate surface area is 116 Å². The molecule has 1 aliphatic rings. The summed E-state index contributed by atoms with van der Waals surface area (Å²) in [6, 6.07) is 1.40. The van der Waals surface area contributed by atoms with Gasteiger partial charge in [-0.1, -0.05) is 6.92 Å². The van der Waals surface area contributed by atoms with Crippen LogP contribution in [0.15, 0.2) is 10.7 Å². The van der Waals surface area contributed by atoms with Gasteiger partial charge in [0, 0.05) is 24.7 Å². The van der Waals surface area contributed by atoms with E-state index >= 15 is 0 Å². The average molecular weight is 265 g/mol.